The van der Waals surface area contributed by atoms with Gasteiger partial charge in [-0.25, -0.2) is 13.1 Å². The largest absolute Gasteiger partial charge is 0.361 e. The first kappa shape index (κ1) is 19.6. The summed E-state index contributed by atoms with van der Waals surface area (Å²) in [5, 5.41) is 11.4. The second-order valence-electron chi connectivity index (χ2n) is 8.19. The summed E-state index contributed by atoms with van der Waals surface area (Å²) in [5.41, 5.74) is 2.04. The standard InChI is InChI=1S/C18H26N4O4S/c1-11-14(12(2)26-21-11)8-17(23)19-16-9-15(18(3,4)5)20-22(16)13-6-7-27(24,25)10-13/h9,13H,6-8,10H2,1-5H3,(H,19,23)/t13-/m0/s1. The van der Waals surface area contributed by atoms with Crippen LogP contribution in [0.1, 0.15) is 55.9 Å². The first-order chi connectivity index (χ1) is 12.5. The van der Waals surface area contributed by atoms with Crippen molar-refractivity contribution in [3.63, 3.8) is 0 Å². The summed E-state index contributed by atoms with van der Waals surface area (Å²) >= 11 is 0. The number of sulfone groups is 1. The lowest BCUT2D eigenvalue weighted by Crippen LogP contribution is -2.21. The molecular weight excluding hydrogens is 368 g/mol. The van der Waals surface area contributed by atoms with E-state index in [9.17, 15) is 13.2 Å². The van der Waals surface area contributed by atoms with Gasteiger partial charge in [-0.05, 0) is 20.3 Å². The Hall–Kier alpha value is -2.16. The van der Waals surface area contributed by atoms with Crippen molar-refractivity contribution in [3.05, 3.63) is 28.8 Å². The Morgan fingerprint density at radius 3 is 2.59 bits per heavy atom. The fraction of sp³-hybridized carbons (Fsp3) is 0.611. The predicted octanol–water partition coefficient (Wildman–Crippen LogP) is 2.33. The highest BCUT2D eigenvalue weighted by molar-refractivity contribution is 7.91. The van der Waals surface area contributed by atoms with E-state index >= 15 is 0 Å². The third kappa shape index (κ3) is 4.23. The lowest BCUT2D eigenvalue weighted by atomic mass is 9.92. The van der Waals surface area contributed by atoms with Crippen LogP contribution < -0.4 is 5.32 Å². The number of hydrogen-bond acceptors (Lipinski definition) is 6. The Balaban J connectivity index is 1.87. The first-order valence-corrected chi connectivity index (χ1v) is 10.8. The highest BCUT2D eigenvalue weighted by Crippen LogP contribution is 2.31. The number of rotatable bonds is 4. The van der Waals surface area contributed by atoms with E-state index in [-0.39, 0.29) is 35.3 Å². The van der Waals surface area contributed by atoms with E-state index in [1.165, 1.54) is 0 Å². The molecule has 1 saturated heterocycles. The summed E-state index contributed by atoms with van der Waals surface area (Å²) in [6, 6.07) is 1.57. The minimum absolute atomic E-state index is 0.0466. The van der Waals surface area contributed by atoms with Gasteiger partial charge in [0.1, 0.15) is 11.6 Å². The smallest absolute Gasteiger partial charge is 0.230 e. The summed E-state index contributed by atoms with van der Waals surface area (Å²) in [6.07, 6.45) is 0.639. The Morgan fingerprint density at radius 2 is 2.07 bits per heavy atom. The lowest BCUT2D eigenvalue weighted by Gasteiger charge is -2.15. The molecule has 1 atom stereocenters. The van der Waals surface area contributed by atoms with Gasteiger partial charge >= 0.3 is 0 Å². The maximum absolute atomic E-state index is 12.6. The summed E-state index contributed by atoms with van der Waals surface area (Å²) in [7, 11) is -3.06. The summed E-state index contributed by atoms with van der Waals surface area (Å²) in [5.74, 6) is 1.12. The molecule has 1 fully saturated rings. The normalized spacial score (nSPS) is 19.4. The van der Waals surface area contributed by atoms with E-state index in [2.05, 4.69) is 15.6 Å². The van der Waals surface area contributed by atoms with Gasteiger partial charge in [-0.2, -0.15) is 5.10 Å². The molecule has 3 rings (SSSR count). The molecule has 1 aliphatic rings. The fourth-order valence-corrected chi connectivity index (χ4v) is 4.89. The molecule has 0 spiro atoms. The van der Waals surface area contributed by atoms with Gasteiger partial charge in [-0.15, -0.1) is 0 Å². The van der Waals surface area contributed by atoms with Gasteiger partial charge < -0.3 is 9.84 Å². The van der Waals surface area contributed by atoms with Crippen LogP contribution in [0.3, 0.4) is 0 Å². The van der Waals surface area contributed by atoms with Gasteiger partial charge in [0, 0.05) is 17.0 Å². The number of nitrogens with zero attached hydrogens (tertiary/aromatic N) is 3. The van der Waals surface area contributed by atoms with Crippen molar-refractivity contribution in [1.29, 1.82) is 0 Å². The predicted molar refractivity (Wildman–Crippen MR) is 102 cm³/mol. The van der Waals surface area contributed by atoms with E-state index in [0.29, 0.717) is 23.7 Å². The number of aromatic nitrogens is 3. The van der Waals surface area contributed by atoms with Crippen LogP contribution in [0.4, 0.5) is 5.82 Å². The van der Waals surface area contributed by atoms with Gasteiger partial charge in [0.05, 0.1) is 35.4 Å². The summed E-state index contributed by atoms with van der Waals surface area (Å²) in [6.45, 7) is 9.65. The molecule has 0 aromatic carbocycles. The zero-order valence-corrected chi connectivity index (χ0v) is 17.2. The number of nitrogens with one attached hydrogen (secondary N) is 1. The lowest BCUT2D eigenvalue weighted by molar-refractivity contribution is -0.115. The van der Waals surface area contributed by atoms with Gasteiger partial charge in [0.15, 0.2) is 9.84 Å². The molecular formula is C18H26N4O4S. The third-order valence-corrected chi connectivity index (χ3v) is 6.59. The van der Waals surface area contributed by atoms with Crippen molar-refractivity contribution in [2.45, 2.75) is 58.9 Å². The highest BCUT2D eigenvalue weighted by atomic mass is 32.2. The quantitative estimate of drug-likeness (QED) is 0.853. The van der Waals surface area contributed by atoms with Crippen LogP contribution in [-0.2, 0) is 26.5 Å². The number of aryl methyl sites for hydroxylation is 2. The van der Waals surface area contributed by atoms with Crippen LogP contribution in [0.5, 0.6) is 0 Å². The molecule has 2 aromatic heterocycles. The number of carbonyl (C=O) groups excluding carboxylic acids is 1. The van der Waals surface area contributed by atoms with Crippen LogP contribution in [0.15, 0.2) is 10.6 Å². The Labute approximate surface area is 159 Å². The molecule has 1 amide bonds. The van der Waals surface area contributed by atoms with Crippen LogP contribution >= 0.6 is 0 Å². The molecule has 0 aliphatic carbocycles. The van der Waals surface area contributed by atoms with E-state index in [4.69, 9.17) is 4.52 Å². The van der Waals surface area contributed by atoms with Crippen LogP contribution in [0, 0.1) is 13.8 Å². The number of hydrogen-bond donors (Lipinski definition) is 1. The molecule has 27 heavy (non-hydrogen) atoms. The molecule has 0 bridgehead atoms. The SMILES string of the molecule is Cc1noc(C)c1CC(=O)Nc1cc(C(C)(C)C)nn1[C@H]1CCS(=O)(=O)C1. The molecule has 9 heteroatoms. The third-order valence-electron chi connectivity index (χ3n) is 4.84. The van der Waals surface area contributed by atoms with Gasteiger partial charge in [0.2, 0.25) is 5.91 Å². The summed E-state index contributed by atoms with van der Waals surface area (Å²) in [4.78, 5) is 12.6. The van der Waals surface area contributed by atoms with E-state index < -0.39 is 9.84 Å². The van der Waals surface area contributed by atoms with Crippen molar-refractivity contribution in [2.75, 3.05) is 16.8 Å². The molecule has 8 nitrogen and oxygen atoms in total. The second-order valence-corrected chi connectivity index (χ2v) is 10.4. The first-order valence-electron chi connectivity index (χ1n) is 8.98. The van der Waals surface area contributed by atoms with E-state index in [0.717, 1.165) is 11.3 Å². The highest BCUT2D eigenvalue weighted by Gasteiger charge is 2.33. The summed E-state index contributed by atoms with van der Waals surface area (Å²) < 4.78 is 30.6. The Kier molecular flexibility index (Phi) is 4.92. The van der Waals surface area contributed by atoms with E-state index in [1.54, 1.807) is 18.5 Å². The maximum Gasteiger partial charge on any atom is 0.230 e. The monoisotopic (exact) mass is 394 g/mol. The van der Waals surface area contributed by atoms with Crippen LogP contribution in [0.2, 0.25) is 0 Å². The molecule has 1 aliphatic heterocycles. The van der Waals surface area contributed by atoms with Crippen molar-refractivity contribution in [1.82, 2.24) is 14.9 Å². The molecule has 0 radical (unpaired) electrons. The van der Waals surface area contributed by atoms with Gasteiger partial charge in [-0.3, -0.25) is 4.79 Å². The Bertz CT molecular complexity index is 947. The topological polar surface area (TPSA) is 107 Å². The second kappa shape index (κ2) is 6.78. The van der Waals surface area contributed by atoms with Crippen molar-refractivity contribution in [3.8, 4) is 0 Å². The zero-order chi connectivity index (χ0) is 20.0. The number of anilines is 1. The molecule has 1 N–H and O–H groups in total. The van der Waals surface area contributed by atoms with Crippen LogP contribution in [0.25, 0.3) is 0 Å². The van der Waals surface area contributed by atoms with Gasteiger partial charge in [0.25, 0.3) is 0 Å². The van der Waals surface area contributed by atoms with E-state index in [1.807, 2.05) is 26.8 Å². The molecule has 3 heterocycles. The average molecular weight is 394 g/mol. The molecule has 148 valence electrons. The van der Waals surface area contributed by atoms with Crippen molar-refractivity contribution >= 4 is 21.6 Å². The molecule has 0 unspecified atom stereocenters. The minimum Gasteiger partial charge on any atom is -0.361 e. The Morgan fingerprint density at radius 1 is 1.37 bits per heavy atom. The molecule has 2 aromatic rings. The number of carbonyl (C=O) groups is 1. The van der Waals surface area contributed by atoms with Crippen LogP contribution in [-0.4, -0.2) is 40.8 Å². The fourth-order valence-electron chi connectivity index (χ4n) is 3.20. The maximum atomic E-state index is 12.6. The average Bonchev–Trinajstić information content (AvgIpc) is 3.20. The number of amides is 1. The van der Waals surface area contributed by atoms with Gasteiger partial charge in [-0.1, -0.05) is 25.9 Å². The van der Waals surface area contributed by atoms with Crippen molar-refractivity contribution in [2.24, 2.45) is 0 Å². The minimum atomic E-state index is -3.06. The zero-order valence-electron chi connectivity index (χ0n) is 16.4. The van der Waals surface area contributed by atoms with Crippen molar-refractivity contribution < 1.29 is 17.7 Å². The molecule has 0 saturated carbocycles.